The second-order valence-corrected chi connectivity index (χ2v) is 6.18. The maximum atomic E-state index is 14.5. The van der Waals surface area contributed by atoms with Crippen LogP contribution in [-0.4, -0.2) is 41.1 Å². The molecule has 0 spiro atoms. The number of carbonyl (C=O) groups excluding carboxylic acids is 1. The molecule has 0 aliphatic carbocycles. The van der Waals surface area contributed by atoms with E-state index in [2.05, 4.69) is 4.98 Å². The third-order valence-electron chi connectivity index (χ3n) is 3.70. The summed E-state index contributed by atoms with van der Waals surface area (Å²) in [5.41, 5.74) is 1.07. The van der Waals surface area contributed by atoms with Gasteiger partial charge in [-0.25, -0.2) is 4.39 Å². The molecule has 5 nitrogen and oxygen atoms in total. The first-order valence-electron chi connectivity index (χ1n) is 7.32. The first-order chi connectivity index (χ1) is 11.9. The Morgan fingerprint density at radius 3 is 2.80 bits per heavy atom. The van der Waals surface area contributed by atoms with Gasteiger partial charge in [-0.1, -0.05) is 23.2 Å². The van der Waals surface area contributed by atoms with Crippen molar-refractivity contribution in [3.8, 4) is 11.3 Å². The summed E-state index contributed by atoms with van der Waals surface area (Å²) in [5.74, 6) is -0.781. The van der Waals surface area contributed by atoms with Crippen molar-refractivity contribution < 1.29 is 18.7 Å². The van der Waals surface area contributed by atoms with Gasteiger partial charge in [0.15, 0.2) is 5.58 Å². The summed E-state index contributed by atoms with van der Waals surface area (Å²) in [6.07, 6.45) is 1.39. The van der Waals surface area contributed by atoms with Gasteiger partial charge in [0, 0.05) is 31.4 Å². The number of carbonyl (C=O) groups is 1. The maximum absolute atomic E-state index is 14.5. The zero-order chi connectivity index (χ0) is 18.1. The molecule has 0 unspecified atom stereocenters. The molecule has 0 atom stereocenters. The van der Waals surface area contributed by atoms with Crippen molar-refractivity contribution in [3.05, 3.63) is 51.9 Å². The molecule has 0 aliphatic heterocycles. The SMILES string of the molecule is CN(CCO)C(=O)c1ccc(-c2cc3ncc(Cl)c(Cl)c3o2)c(F)c1. The Hall–Kier alpha value is -2.15. The van der Waals surface area contributed by atoms with E-state index in [0.717, 1.165) is 6.07 Å². The monoisotopic (exact) mass is 382 g/mol. The summed E-state index contributed by atoms with van der Waals surface area (Å²) < 4.78 is 20.1. The minimum Gasteiger partial charge on any atom is -0.453 e. The lowest BCUT2D eigenvalue weighted by atomic mass is 10.1. The summed E-state index contributed by atoms with van der Waals surface area (Å²) in [7, 11) is 1.53. The van der Waals surface area contributed by atoms with E-state index in [-0.39, 0.29) is 51.6 Å². The summed E-state index contributed by atoms with van der Waals surface area (Å²) >= 11 is 12.0. The van der Waals surface area contributed by atoms with Gasteiger partial charge in [0.1, 0.15) is 22.1 Å². The average molecular weight is 383 g/mol. The molecule has 25 heavy (non-hydrogen) atoms. The third-order valence-corrected chi connectivity index (χ3v) is 4.46. The van der Waals surface area contributed by atoms with Crippen molar-refractivity contribution in [2.45, 2.75) is 0 Å². The van der Waals surface area contributed by atoms with Crippen molar-refractivity contribution in [1.82, 2.24) is 9.88 Å². The Morgan fingerprint density at radius 1 is 1.36 bits per heavy atom. The van der Waals surface area contributed by atoms with Crippen molar-refractivity contribution in [2.24, 2.45) is 0 Å². The van der Waals surface area contributed by atoms with Gasteiger partial charge in [-0.2, -0.15) is 0 Å². The molecule has 0 fully saturated rings. The summed E-state index contributed by atoms with van der Waals surface area (Å²) in [6.45, 7) is -0.00514. The Morgan fingerprint density at radius 2 is 2.12 bits per heavy atom. The number of nitrogens with zero attached hydrogens (tertiary/aromatic N) is 2. The molecular weight excluding hydrogens is 370 g/mol. The van der Waals surface area contributed by atoms with Gasteiger partial charge in [0.2, 0.25) is 0 Å². The van der Waals surface area contributed by atoms with Crippen LogP contribution in [0.4, 0.5) is 4.39 Å². The van der Waals surface area contributed by atoms with Crippen LogP contribution in [0.2, 0.25) is 10.0 Å². The molecule has 130 valence electrons. The van der Waals surface area contributed by atoms with Gasteiger partial charge in [0.25, 0.3) is 5.91 Å². The summed E-state index contributed by atoms with van der Waals surface area (Å²) in [6, 6.07) is 5.61. The van der Waals surface area contributed by atoms with Gasteiger partial charge in [0.05, 0.1) is 17.2 Å². The molecule has 1 amide bonds. The fourth-order valence-corrected chi connectivity index (χ4v) is 2.70. The molecule has 0 aliphatic rings. The number of pyridine rings is 1. The van der Waals surface area contributed by atoms with Crippen LogP contribution >= 0.6 is 23.2 Å². The summed E-state index contributed by atoms with van der Waals surface area (Å²) in [5, 5.41) is 9.33. The van der Waals surface area contributed by atoms with Crippen LogP contribution in [0, 0.1) is 5.82 Å². The van der Waals surface area contributed by atoms with Gasteiger partial charge >= 0.3 is 0 Å². The highest BCUT2D eigenvalue weighted by Crippen LogP contribution is 2.35. The van der Waals surface area contributed by atoms with E-state index in [1.807, 2.05) is 0 Å². The molecule has 0 saturated heterocycles. The Bertz CT molecular complexity index is 958. The minimum atomic E-state index is -0.621. The second-order valence-electron chi connectivity index (χ2n) is 5.39. The first-order valence-corrected chi connectivity index (χ1v) is 8.07. The molecular formula is C17H13Cl2FN2O3. The molecule has 3 rings (SSSR count). The van der Waals surface area contributed by atoms with Crippen molar-refractivity contribution in [2.75, 3.05) is 20.2 Å². The van der Waals surface area contributed by atoms with E-state index in [1.165, 1.54) is 30.3 Å². The van der Waals surface area contributed by atoms with Gasteiger partial charge in [-0.3, -0.25) is 9.78 Å². The van der Waals surface area contributed by atoms with E-state index in [4.69, 9.17) is 32.7 Å². The minimum absolute atomic E-state index is 0.163. The molecule has 1 aromatic carbocycles. The summed E-state index contributed by atoms with van der Waals surface area (Å²) in [4.78, 5) is 17.5. The second kappa shape index (κ2) is 7.00. The molecule has 0 saturated carbocycles. The fraction of sp³-hybridized carbons (Fsp3) is 0.176. The topological polar surface area (TPSA) is 66.6 Å². The number of aliphatic hydroxyl groups is 1. The quantitative estimate of drug-likeness (QED) is 0.740. The van der Waals surface area contributed by atoms with Crippen LogP contribution < -0.4 is 0 Å². The van der Waals surface area contributed by atoms with Crippen LogP contribution in [0.15, 0.2) is 34.9 Å². The standard InChI is InChI=1S/C17H13Cl2FN2O3/c1-22(4-5-23)17(24)9-2-3-10(12(20)6-9)14-7-13-16(25-14)15(19)11(18)8-21-13/h2-3,6-8,23H,4-5H2,1H3. The number of halogens is 3. The predicted octanol–water partition coefficient (Wildman–Crippen LogP) is 4.01. The number of hydrogen-bond acceptors (Lipinski definition) is 4. The number of aliphatic hydroxyl groups excluding tert-OH is 1. The zero-order valence-electron chi connectivity index (χ0n) is 13.1. The smallest absolute Gasteiger partial charge is 0.253 e. The number of amides is 1. The van der Waals surface area contributed by atoms with Crippen LogP contribution in [0.3, 0.4) is 0 Å². The van der Waals surface area contributed by atoms with Crippen molar-refractivity contribution >= 4 is 40.2 Å². The lowest BCUT2D eigenvalue weighted by Gasteiger charge is -2.15. The lowest BCUT2D eigenvalue weighted by Crippen LogP contribution is -2.29. The van der Waals surface area contributed by atoms with E-state index in [9.17, 15) is 9.18 Å². The van der Waals surface area contributed by atoms with Crippen molar-refractivity contribution in [3.63, 3.8) is 0 Å². The number of benzene rings is 1. The Kier molecular flexibility index (Phi) is 4.94. The third kappa shape index (κ3) is 3.33. The van der Waals surface area contributed by atoms with E-state index < -0.39 is 5.82 Å². The van der Waals surface area contributed by atoms with Gasteiger partial charge in [-0.15, -0.1) is 0 Å². The highest BCUT2D eigenvalue weighted by Gasteiger charge is 2.18. The predicted molar refractivity (Wildman–Crippen MR) is 93.5 cm³/mol. The fourth-order valence-electron chi connectivity index (χ4n) is 2.38. The number of furan rings is 1. The average Bonchev–Trinajstić information content (AvgIpc) is 3.02. The molecule has 8 heteroatoms. The number of rotatable bonds is 4. The number of hydrogen-bond donors (Lipinski definition) is 1. The van der Waals surface area contributed by atoms with Crippen LogP contribution in [0.5, 0.6) is 0 Å². The van der Waals surface area contributed by atoms with E-state index in [0.29, 0.717) is 5.52 Å². The number of aromatic nitrogens is 1. The largest absolute Gasteiger partial charge is 0.453 e. The molecule has 2 aromatic heterocycles. The van der Waals surface area contributed by atoms with E-state index in [1.54, 1.807) is 6.07 Å². The highest BCUT2D eigenvalue weighted by molar-refractivity contribution is 6.44. The lowest BCUT2D eigenvalue weighted by molar-refractivity contribution is 0.0766. The van der Waals surface area contributed by atoms with Crippen LogP contribution in [-0.2, 0) is 0 Å². The molecule has 3 aromatic rings. The first kappa shape index (κ1) is 17.7. The molecule has 2 heterocycles. The Labute approximate surface area is 152 Å². The van der Waals surface area contributed by atoms with Gasteiger partial charge in [-0.05, 0) is 18.2 Å². The number of likely N-dealkylation sites (N-methyl/N-ethyl adjacent to an activating group) is 1. The van der Waals surface area contributed by atoms with Crippen LogP contribution in [0.1, 0.15) is 10.4 Å². The van der Waals surface area contributed by atoms with Crippen LogP contribution in [0.25, 0.3) is 22.4 Å². The zero-order valence-corrected chi connectivity index (χ0v) is 14.6. The molecule has 0 bridgehead atoms. The molecule has 1 N–H and O–H groups in total. The van der Waals surface area contributed by atoms with E-state index >= 15 is 0 Å². The van der Waals surface area contributed by atoms with Crippen molar-refractivity contribution in [1.29, 1.82) is 0 Å². The molecule has 0 radical (unpaired) electrons. The highest BCUT2D eigenvalue weighted by atomic mass is 35.5. The maximum Gasteiger partial charge on any atom is 0.253 e. The normalized spacial score (nSPS) is 11.1. The Balaban J connectivity index is 1.99. The van der Waals surface area contributed by atoms with Gasteiger partial charge < -0.3 is 14.4 Å². The number of fused-ring (bicyclic) bond motifs is 1.